The van der Waals surface area contributed by atoms with Crippen molar-refractivity contribution in [1.82, 2.24) is 0 Å². The number of ether oxygens (including phenoxy) is 3. The van der Waals surface area contributed by atoms with E-state index < -0.39 is 0 Å². The highest BCUT2D eigenvalue weighted by Crippen LogP contribution is 2.40. The molecule has 1 atom stereocenters. The molecule has 1 heterocycles. The third-order valence-corrected chi connectivity index (χ3v) is 5.65. The van der Waals surface area contributed by atoms with Crippen LogP contribution < -0.4 is 4.74 Å². The fourth-order valence-corrected chi connectivity index (χ4v) is 4.02. The van der Waals surface area contributed by atoms with E-state index in [-0.39, 0.29) is 12.1 Å². The standard InChI is InChI=1S/C26H34O4/c1-4-6-7-8-9-12-17-29-26(27)25-21(19(3)28-5-2)15-16-24-22(25)18-20-13-10-11-14-23(20)30-24/h10-11,13-16,19H,4-9,12,17-18H2,1-3H3. The second-order valence-electron chi connectivity index (χ2n) is 7.89. The van der Waals surface area contributed by atoms with Gasteiger partial charge < -0.3 is 14.2 Å². The summed E-state index contributed by atoms with van der Waals surface area (Å²) in [4.78, 5) is 13.2. The van der Waals surface area contributed by atoms with Gasteiger partial charge in [-0.25, -0.2) is 4.79 Å². The maximum absolute atomic E-state index is 13.2. The van der Waals surface area contributed by atoms with Crippen LogP contribution in [0.5, 0.6) is 11.5 Å². The van der Waals surface area contributed by atoms with Crippen molar-refractivity contribution in [2.45, 2.75) is 71.8 Å². The van der Waals surface area contributed by atoms with E-state index in [1.165, 1.54) is 25.7 Å². The van der Waals surface area contributed by atoms with Gasteiger partial charge in [0, 0.05) is 18.6 Å². The molecule has 0 bridgehead atoms. The van der Waals surface area contributed by atoms with Crippen LogP contribution in [0.1, 0.15) is 92.4 Å². The van der Waals surface area contributed by atoms with Crippen LogP contribution >= 0.6 is 0 Å². The minimum Gasteiger partial charge on any atom is -0.462 e. The largest absolute Gasteiger partial charge is 0.462 e. The molecular formula is C26H34O4. The van der Waals surface area contributed by atoms with Crippen LogP contribution in [0.3, 0.4) is 0 Å². The lowest BCUT2D eigenvalue weighted by Gasteiger charge is -2.25. The molecule has 2 aromatic rings. The van der Waals surface area contributed by atoms with Crippen molar-refractivity contribution in [1.29, 1.82) is 0 Å². The third kappa shape index (κ3) is 5.42. The van der Waals surface area contributed by atoms with Gasteiger partial charge in [0.1, 0.15) is 11.5 Å². The Bertz CT molecular complexity index is 843. The average Bonchev–Trinajstić information content (AvgIpc) is 2.76. The van der Waals surface area contributed by atoms with Gasteiger partial charge in [-0.05, 0) is 43.5 Å². The summed E-state index contributed by atoms with van der Waals surface area (Å²) in [5, 5.41) is 0. The summed E-state index contributed by atoms with van der Waals surface area (Å²) in [7, 11) is 0. The Hall–Kier alpha value is -2.33. The highest BCUT2D eigenvalue weighted by Gasteiger charge is 2.28. The van der Waals surface area contributed by atoms with Gasteiger partial charge >= 0.3 is 5.97 Å². The van der Waals surface area contributed by atoms with Crippen LogP contribution in [0, 0.1) is 0 Å². The maximum atomic E-state index is 13.2. The first kappa shape index (κ1) is 22.4. The predicted octanol–water partition coefficient (Wildman–Crippen LogP) is 7.00. The van der Waals surface area contributed by atoms with Gasteiger partial charge in [0.25, 0.3) is 0 Å². The topological polar surface area (TPSA) is 44.8 Å². The quantitative estimate of drug-likeness (QED) is 0.252. The molecule has 0 aliphatic carbocycles. The van der Waals surface area contributed by atoms with Gasteiger partial charge in [-0.2, -0.15) is 0 Å². The molecule has 4 nitrogen and oxygen atoms in total. The van der Waals surface area contributed by atoms with Crippen LogP contribution in [-0.2, 0) is 15.9 Å². The summed E-state index contributed by atoms with van der Waals surface area (Å²) in [5.74, 6) is 1.31. The van der Waals surface area contributed by atoms with Crippen LogP contribution in [0.2, 0.25) is 0 Å². The molecule has 1 aliphatic heterocycles. The number of esters is 1. The molecule has 1 unspecified atom stereocenters. The van der Waals surface area contributed by atoms with Crippen LogP contribution in [0.4, 0.5) is 0 Å². The first-order valence-electron chi connectivity index (χ1n) is 11.4. The first-order valence-corrected chi connectivity index (χ1v) is 11.4. The summed E-state index contributed by atoms with van der Waals surface area (Å²) >= 11 is 0. The Morgan fingerprint density at radius 3 is 2.57 bits per heavy atom. The molecule has 3 rings (SSSR count). The number of rotatable bonds is 11. The molecule has 0 N–H and O–H groups in total. The summed E-state index contributed by atoms with van der Waals surface area (Å²) < 4.78 is 17.6. The Labute approximate surface area is 180 Å². The molecule has 0 aromatic heterocycles. The number of carbonyl (C=O) groups is 1. The minimum absolute atomic E-state index is 0.186. The molecular weight excluding hydrogens is 376 g/mol. The molecule has 0 radical (unpaired) electrons. The van der Waals surface area contributed by atoms with E-state index in [0.29, 0.717) is 25.2 Å². The van der Waals surface area contributed by atoms with E-state index in [4.69, 9.17) is 14.2 Å². The zero-order valence-corrected chi connectivity index (χ0v) is 18.5. The summed E-state index contributed by atoms with van der Waals surface area (Å²) in [5.41, 5.74) is 3.45. The number of benzene rings is 2. The maximum Gasteiger partial charge on any atom is 0.338 e. The number of fused-ring (bicyclic) bond motifs is 2. The second kappa shape index (κ2) is 11.2. The molecule has 0 fully saturated rings. The molecule has 2 aromatic carbocycles. The van der Waals surface area contributed by atoms with E-state index in [2.05, 4.69) is 6.92 Å². The summed E-state index contributed by atoms with van der Waals surface area (Å²) in [6.45, 7) is 7.20. The van der Waals surface area contributed by atoms with E-state index in [1.54, 1.807) is 0 Å². The molecule has 0 amide bonds. The molecule has 0 spiro atoms. The molecule has 30 heavy (non-hydrogen) atoms. The van der Waals surface area contributed by atoms with Crippen molar-refractivity contribution in [3.05, 3.63) is 58.7 Å². The minimum atomic E-state index is -0.273. The predicted molar refractivity (Wildman–Crippen MR) is 119 cm³/mol. The Balaban J connectivity index is 1.78. The van der Waals surface area contributed by atoms with Gasteiger partial charge in [0.15, 0.2) is 0 Å². The zero-order valence-electron chi connectivity index (χ0n) is 18.5. The number of para-hydroxylation sites is 1. The van der Waals surface area contributed by atoms with Gasteiger partial charge in [0.05, 0.1) is 18.3 Å². The van der Waals surface area contributed by atoms with Crippen molar-refractivity contribution >= 4 is 5.97 Å². The third-order valence-electron chi connectivity index (χ3n) is 5.65. The molecule has 0 saturated heterocycles. The normalized spacial score (nSPS) is 13.2. The zero-order chi connectivity index (χ0) is 21.3. The van der Waals surface area contributed by atoms with Crippen molar-refractivity contribution < 1.29 is 19.0 Å². The second-order valence-corrected chi connectivity index (χ2v) is 7.89. The van der Waals surface area contributed by atoms with Crippen molar-refractivity contribution in [2.75, 3.05) is 13.2 Å². The van der Waals surface area contributed by atoms with Gasteiger partial charge in [0.2, 0.25) is 0 Å². The van der Waals surface area contributed by atoms with Crippen LogP contribution in [0.15, 0.2) is 36.4 Å². The average molecular weight is 411 g/mol. The lowest BCUT2D eigenvalue weighted by molar-refractivity contribution is 0.0471. The molecule has 162 valence electrons. The number of hydrogen-bond acceptors (Lipinski definition) is 4. The summed E-state index contributed by atoms with van der Waals surface area (Å²) in [6.07, 6.45) is 7.43. The fourth-order valence-electron chi connectivity index (χ4n) is 4.02. The lowest BCUT2D eigenvalue weighted by Crippen LogP contribution is -2.17. The number of unbranched alkanes of at least 4 members (excludes halogenated alkanes) is 5. The van der Waals surface area contributed by atoms with Crippen LogP contribution in [-0.4, -0.2) is 19.2 Å². The van der Waals surface area contributed by atoms with E-state index in [0.717, 1.165) is 41.0 Å². The van der Waals surface area contributed by atoms with E-state index in [9.17, 15) is 4.79 Å². The van der Waals surface area contributed by atoms with Crippen molar-refractivity contribution in [3.8, 4) is 11.5 Å². The monoisotopic (exact) mass is 410 g/mol. The van der Waals surface area contributed by atoms with Crippen molar-refractivity contribution in [2.24, 2.45) is 0 Å². The summed E-state index contributed by atoms with van der Waals surface area (Å²) in [6, 6.07) is 11.9. The van der Waals surface area contributed by atoms with E-state index >= 15 is 0 Å². The highest BCUT2D eigenvalue weighted by atomic mass is 16.5. The van der Waals surface area contributed by atoms with E-state index in [1.807, 2.05) is 50.2 Å². The number of carbonyl (C=O) groups excluding carboxylic acids is 1. The van der Waals surface area contributed by atoms with Gasteiger partial charge in [-0.15, -0.1) is 0 Å². The smallest absolute Gasteiger partial charge is 0.338 e. The molecule has 0 saturated carbocycles. The highest BCUT2D eigenvalue weighted by molar-refractivity contribution is 5.94. The Morgan fingerprint density at radius 1 is 1.00 bits per heavy atom. The SMILES string of the molecule is CCCCCCCCOC(=O)c1c(C(C)OCC)ccc2c1Cc1ccccc1O2. The van der Waals surface area contributed by atoms with Gasteiger partial charge in [-0.1, -0.05) is 63.3 Å². The molecule has 1 aliphatic rings. The van der Waals surface area contributed by atoms with Crippen LogP contribution in [0.25, 0.3) is 0 Å². The molecule has 4 heteroatoms. The van der Waals surface area contributed by atoms with Crippen molar-refractivity contribution in [3.63, 3.8) is 0 Å². The fraction of sp³-hybridized carbons (Fsp3) is 0.500. The first-order chi connectivity index (χ1) is 14.7. The lowest BCUT2D eigenvalue weighted by atomic mass is 9.91. The Morgan fingerprint density at radius 2 is 1.77 bits per heavy atom. The Kier molecular flexibility index (Phi) is 8.32. The number of hydrogen-bond donors (Lipinski definition) is 0. The van der Waals surface area contributed by atoms with Gasteiger partial charge in [-0.3, -0.25) is 0 Å².